The second-order valence-electron chi connectivity index (χ2n) is 2.25. The highest BCUT2D eigenvalue weighted by Crippen LogP contribution is 2.27. The van der Waals surface area contributed by atoms with Gasteiger partial charge in [0.2, 0.25) is 0 Å². The summed E-state index contributed by atoms with van der Waals surface area (Å²) in [6.07, 6.45) is 0. The molecule has 0 spiro atoms. The molecule has 0 atom stereocenters. The van der Waals surface area contributed by atoms with Crippen LogP contribution >= 0.6 is 11.5 Å². The van der Waals surface area contributed by atoms with Crippen molar-refractivity contribution in [2.45, 2.75) is 0 Å². The predicted molar refractivity (Wildman–Crippen MR) is 45.7 cm³/mol. The molecule has 3 N–H and O–H groups in total. The van der Waals surface area contributed by atoms with Crippen molar-refractivity contribution in [1.82, 2.24) is 4.37 Å². The lowest BCUT2D eigenvalue weighted by atomic mass is 10.2. The van der Waals surface area contributed by atoms with Crippen LogP contribution in [0.1, 0.15) is 0 Å². The molecule has 0 fully saturated rings. The van der Waals surface area contributed by atoms with E-state index >= 15 is 0 Å². The highest BCUT2D eigenvalue weighted by molar-refractivity contribution is 7.13. The second-order valence-corrected chi connectivity index (χ2v) is 3.05. The van der Waals surface area contributed by atoms with Crippen LogP contribution in [-0.4, -0.2) is 9.48 Å². The number of nitrogen functional groups attached to an aromatic ring is 1. The normalized spacial score (nSPS) is 10.5. The Hall–Kier alpha value is -1.29. The molecule has 0 aliphatic rings. The van der Waals surface area contributed by atoms with Crippen molar-refractivity contribution < 1.29 is 5.11 Å². The SMILES string of the molecule is Nc1nsc2cc(O)ccc12. The molecule has 0 unspecified atom stereocenters. The minimum absolute atomic E-state index is 0.251. The fourth-order valence-electron chi connectivity index (χ4n) is 0.946. The Kier molecular flexibility index (Phi) is 1.22. The van der Waals surface area contributed by atoms with Gasteiger partial charge in [0.1, 0.15) is 11.6 Å². The van der Waals surface area contributed by atoms with Crippen molar-refractivity contribution in [3.63, 3.8) is 0 Å². The van der Waals surface area contributed by atoms with Gasteiger partial charge in [0, 0.05) is 5.39 Å². The van der Waals surface area contributed by atoms with Crippen LogP contribution in [0.5, 0.6) is 5.75 Å². The summed E-state index contributed by atoms with van der Waals surface area (Å²) in [5.74, 6) is 0.783. The molecule has 0 bridgehead atoms. The van der Waals surface area contributed by atoms with E-state index < -0.39 is 0 Å². The third kappa shape index (κ3) is 0.914. The molecule has 2 rings (SSSR count). The van der Waals surface area contributed by atoms with Crippen molar-refractivity contribution in [3.05, 3.63) is 18.2 Å². The molecular formula is C7H6N2OS. The average molecular weight is 166 g/mol. The standard InChI is InChI=1S/C7H6N2OS/c8-7-5-2-1-4(10)3-6(5)11-9-7/h1-3,10H,(H2,8,9). The van der Waals surface area contributed by atoms with Gasteiger partial charge in [-0.1, -0.05) is 0 Å². The molecule has 0 saturated heterocycles. The van der Waals surface area contributed by atoms with E-state index in [-0.39, 0.29) is 5.75 Å². The summed E-state index contributed by atoms with van der Waals surface area (Å²) in [5.41, 5.74) is 5.54. The number of benzene rings is 1. The first-order valence-electron chi connectivity index (χ1n) is 3.11. The van der Waals surface area contributed by atoms with Crippen LogP contribution in [0, 0.1) is 0 Å². The number of fused-ring (bicyclic) bond motifs is 1. The van der Waals surface area contributed by atoms with Gasteiger partial charge in [-0.15, -0.1) is 0 Å². The van der Waals surface area contributed by atoms with Gasteiger partial charge in [-0.05, 0) is 29.7 Å². The Bertz CT molecular complexity index is 396. The van der Waals surface area contributed by atoms with Gasteiger partial charge in [-0.25, -0.2) is 0 Å². The van der Waals surface area contributed by atoms with E-state index in [9.17, 15) is 0 Å². The zero-order chi connectivity index (χ0) is 7.84. The third-order valence-electron chi connectivity index (χ3n) is 1.48. The van der Waals surface area contributed by atoms with Crippen molar-refractivity contribution in [2.24, 2.45) is 0 Å². The number of nitrogens with zero attached hydrogens (tertiary/aromatic N) is 1. The Morgan fingerprint density at radius 1 is 1.45 bits per heavy atom. The first-order valence-corrected chi connectivity index (χ1v) is 3.88. The quantitative estimate of drug-likeness (QED) is 0.624. The Morgan fingerprint density at radius 2 is 2.27 bits per heavy atom. The van der Waals surface area contributed by atoms with Crippen molar-refractivity contribution >= 4 is 27.4 Å². The highest BCUT2D eigenvalue weighted by atomic mass is 32.1. The van der Waals surface area contributed by atoms with Crippen LogP contribution in [-0.2, 0) is 0 Å². The number of phenolic OH excluding ortho intramolecular Hbond substituents is 1. The molecule has 11 heavy (non-hydrogen) atoms. The van der Waals surface area contributed by atoms with Gasteiger partial charge >= 0.3 is 0 Å². The van der Waals surface area contributed by atoms with Crippen molar-refractivity contribution in [3.8, 4) is 5.75 Å². The maximum absolute atomic E-state index is 9.08. The van der Waals surface area contributed by atoms with E-state index in [1.165, 1.54) is 11.5 Å². The lowest BCUT2D eigenvalue weighted by Crippen LogP contribution is -1.82. The fraction of sp³-hybridized carbons (Fsp3) is 0. The van der Waals surface area contributed by atoms with Crippen LogP contribution in [0.25, 0.3) is 10.1 Å². The summed E-state index contributed by atoms with van der Waals surface area (Å²) in [6.45, 7) is 0. The summed E-state index contributed by atoms with van der Waals surface area (Å²) in [7, 11) is 0. The summed E-state index contributed by atoms with van der Waals surface area (Å²) >= 11 is 1.29. The number of nitrogens with two attached hydrogens (primary N) is 1. The summed E-state index contributed by atoms with van der Waals surface area (Å²) in [5, 5.41) is 9.99. The van der Waals surface area contributed by atoms with Crippen LogP contribution in [0.3, 0.4) is 0 Å². The maximum atomic E-state index is 9.08. The van der Waals surface area contributed by atoms with E-state index in [1.54, 1.807) is 18.2 Å². The molecule has 3 nitrogen and oxygen atoms in total. The smallest absolute Gasteiger partial charge is 0.144 e. The van der Waals surface area contributed by atoms with Gasteiger partial charge in [0.15, 0.2) is 0 Å². The molecule has 1 aromatic carbocycles. The lowest BCUT2D eigenvalue weighted by molar-refractivity contribution is 0.476. The average Bonchev–Trinajstić information content (AvgIpc) is 2.32. The molecular weight excluding hydrogens is 160 g/mol. The van der Waals surface area contributed by atoms with Gasteiger partial charge in [-0.2, -0.15) is 4.37 Å². The van der Waals surface area contributed by atoms with E-state index in [4.69, 9.17) is 10.8 Å². The molecule has 1 aromatic heterocycles. The van der Waals surface area contributed by atoms with Gasteiger partial charge in [0.05, 0.1) is 4.70 Å². The largest absolute Gasteiger partial charge is 0.508 e. The number of hydrogen-bond donors (Lipinski definition) is 2. The van der Waals surface area contributed by atoms with Crippen LogP contribution in [0.4, 0.5) is 5.82 Å². The van der Waals surface area contributed by atoms with Crippen LogP contribution in [0.15, 0.2) is 18.2 Å². The molecule has 56 valence electrons. The molecule has 0 aliphatic carbocycles. The number of hydrogen-bond acceptors (Lipinski definition) is 4. The first kappa shape index (κ1) is 6.42. The number of phenols is 1. The zero-order valence-corrected chi connectivity index (χ0v) is 6.43. The van der Waals surface area contributed by atoms with Gasteiger partial charge < -0.3 is 10.8 Å². The second kappa shape index (κ2) is 2.10. The number of rotatable bonds is 0. The van der Waals surface area contributed by atoms with E-state index in [2.05, 4.69) is 4.37 Å². The Morgan fingerprint density at radius 3 is 3.09 bits per heavy atom. The summed E-state index contributed by atoms with van der Waals surface area (Å²) in [4.78, 5) is 0. The van der Waals surface area contributed by atoms with Gasteiger partial charge in [-0.3, -0.25) is 0 Å². The maximum Gasteiger partial charge on any atom is 0.144 e. The fourth-order valence-corrected chi connectivity index (χ4v) is 1.69. The molecule has 0 amide bonds. The molecule has 1 heterocycles. The summed E-state index contributed by atoms with van der Waals surface area (Å²) < 4.78 is 4.86. The number of aromatic hydroxyl groups is 1. The van der Waals surface area contributed by atoms with E-state index in [1.807, 2.05) is 0 Å². The zero-order valence-electron chi connectivity index (χ0n) is 5.61. The molecule has 0 radical (unpaired) electrons. The Labute approximate surface area is 67.2 Å². The molecule has 0 saturated carbocycles. The monoisotopic (exact) mass is 166 g/mol. The third-order valence-corrected chi connectivity index (χ3v) is 2.31. The van der Waals surface area contributed by atoms with E-state index in [0.29, 0.717) is 5.82 Å². The van der Waals surface area contributed by atoms with Crippen LogP contribution < -0.4 is 5.73 Å². The minimum Gasteiger partial charge on any atom is -0.508 e. The molecule has 2 aromatic rings. The van der Waals surface area contributed by atoms with Gasteiger partial charge in [0.25, 0.3) is 0 Å². The number of anilines is 1. The van der Waals surface area contributed by atoms with Crippen molar-refractivity contribution in [2.75, 3.05) is 5.73 Å². The van der Waals surface area contributed by atoms with Crippen molar-refractivity contribution in [1.29, 1.82) is 0 Å². The highest BCUT2D eigenvalue weighted by Gasteiger charge is 2.01. The molecule has 4 heteroatoms. The minimum atomic E-state index is 0.251. The first-order chi connectivity index (χ1) is 5.27. The van der Waals surface area contributed by atoms with E-state index in [0.717, 1.165) is 10.1 Å². The Balaban J connectivity index is 2.86. The topological polar surface area (TPSA) is 59.1 Å². The summed E-state index contributed by atoms with van der Waals surface area (Å²) in [6, 6.07) is 5.03. The van der Waals surface area contributed by atoms with Crippen LogP contribution in [0.2, 0.25) is 0 Å². The lowest BCUT2D eigenvalue weighted by Gasteiger charge is -1.90. The molecule has 0 aliphatic heterocycles. The number of aromatic nitrogens is 1. The predicted octanol–water partition coefficient (Wildman–Crippen LogP) is 1.58.